The number of methoxy groups -OCH3 is 1. The lowest BCUT2D eigenvalue weighted by Gasteiger charge is -2.15. The average Bonchev–Trinajstić information content (AvgIpc) is 2.81. The van der Waals surface area contributed by atoms with Gasteiger partial charge in [-0.1, -0.05) is 6.07 Å². The smallest absolute Gasteiger partial charge is 0.307 e. The third kappa shape index (κ3) is 3.83. The van der Waals surface area contributed by atoms with E-state index in [1.54, 1.807) is 0 Å². The Morgan fingerprint density at radius 3 is 2.88 bits per heavy atom. The molecule has 16 heavy (non-hydrogen) atoms. The number of amides is 1. The summed E-state index contributed by atoms with van der Waals surface area (Å²) in [5.41, 5.74) is 0. The van der Waals surface area contributed by atoms with E-state index in [9.17, 15) is 9.59 Å². The topological polar surface area (TPSA) is 55.4 Å². The summed E-state index contributed by atoms with van der Waals surface area (Å²) in [5.74, 6) is -0.791. The zero-order valence-corrected chi connectivity index (χ0v) is 10.3. The van der Waals surface area contributed by atoms with Gasteiger partial charge in [-0.3, -0.25) is 9.59 Å². The maximum atomic E-state index is 11.2. The fourth-order valence-electron chi connectivity index (χ4n) is 1.20. The van der Waals surface area contributed by atoms with Crippen molar-refractivity contribution >= 4 is 34.8 Å². The van der Waals surface area contributed by atoms with Gasteiger partial charge in [-0.25, -0.2) is 0 Å². The number of nitrogens with one attached hydrogen (secondary N) is 1. The van der Waals surface area contributed by atoms with E-state index in [-0.39, 0.29) is 30.2 Å². The van der Waals surface area contributed by atoms with Crippen LogP contribution in [-0.4, -0.2) is 24.9 Å². The van der Waals surface area contributed by atoms with Crippen molar-refractivity contribution in [2.75, 3.05) is 13.0 Å². The van der Waals surface area contributed by atoms with E-state index in [0.29, 0.717) is 0 Å². The highest BCUT2D eigenvalue weighted by Gasteiger charge is 2.19. The van der Waals surface area contributed by atoms with Gasteiger partial charge in [0.15, 0.2) is 0 Å². The molecule has 0 bridgehead atoms. The molecule has 1 rings (SSSR count). The van der Waals surface area contributed by atoms with Crippen molar-refractivity contribution in [3.05, 3.63) is 22.4 Å². The molecular formula is C10H12ClNO3S. The molecule has 1 unspecified atom stereocenters. The summed E-state index contributed by atoms with van der Waals surface area (Å²) < 4.78 is 4.58. The number of carbonyl (C=O) groups is 2. The molecule has 0 spiro atoms. The Bertz CT molecular complexity index is 335. The van der Waals surface area contributed by atoms with Crippen LogP contribution in [0.25, 0.3) is 0 Å². The van der Waals surface area contributed by atoms with Crippen LogP contribution in [0.3, 0.4) is 0 Å². The number of halogens is 1. The first kappa shape index (κ1) is 13.0. The highest BCUT2D eigenvalue weighted by molar-refractivity contribution is 7.10. The molecule has 0 radical (unpaired) electrons. The Kier molecular flexibility index (Phi) is 5.28. The number of alkyl halides is 1. The van der Waals surface area contributed by atoms with Crippen LogP contribution < -0.4 is 5.32 Å². The van der Waals surface area contributed by atoms with Gasteiger partial charge in [0.25, 0.3) is 0 Å². The lowest BCUT2D eigenvalue weighted by molar-refractivity contribution is -0.141. The lowest BCUT2D eigenvalue weighted by Crippen LogP contribution is -2.30. The van der Waals surface area contributed by atoms with Crippen molar-refractivity contribution in [1.29, 1.82) is 0 Å². The summed E-state index contributed by atoms with van der Waals surface area (Å²) in [4.78, 5) is 23.3. The van der Waals surface area contributed by atoms with Gasteiger partial charge in [0, 0.05) is 4.88 Å². The van der Waals surface area contributed by atoms with Gasteiger partial charge >= 0.3 is 5.97 Å². The normalized spacial score (nSPS) is 11.9. The quantitative estimate of drug-likeness (QED) is 0.648. The summed E-state index contributed by atoms with van der Waals surface area (Å²) in [6.45, 7) is 0. The zero-order chi connectivity index (χ0) is 12.0. The number of esters is 1. The van der Waals surface area contributed by atoms with E-state index in [4.69, 9.17) is 11.6 Å². The molecule has 1 aromatic rings. The van der Waals surface area contributed by atoms with Crippen LogP contribution in [0, 0.1) is 0 Å². The number of ether oxygens (including phenoxy) is 1. The lowest BCUT2D eigenvalue weighted by atomic mass is 10.1. The van der Waals surface area contributed by atoms with Crippen molar-refractivity contribution < 1.29 is 14.3 Å². The number of carbonyl (C=O) groups excluding carboxylic acids is 2. The Labute approximate surface area is 103 Å². The third-order valence-electron chi connectivity index (χ3n) is 1.94. The fraction of sp³-hybridized carbons (Fsp3) is 0.400. The van der Waals surface area contributed by atoms with Crippen LogP contribution >= 0.6 is 22.9 Å². The minimum atomic E-state index is -0.367. The molecule has 0 fully saturated rings. The van der Waals surface area contributed by atoms with Crippen LogP contribution in [0.15, 0.2) is 17.5 Å². The molecule has 6 heteroatoms. The second kappa shape index (κ2) is 6.50. The van der Waals surface area contributed by atoms with E-state index in [1.165, 1.54) is 18.4 Å². The predicted octanol–water partition coefficient (Wildman–Crippen LogP) is 1.71. The minimum absolute atomic E-state index is 0.111. The average molecular weight is 262 g/mol. The molecule has 1 heterocycles. The molecule has 0 aliphatic rings. The zero-order valence-electron chi connectivity index (χ0n) is 8.73. The first-order valence-electron chi connectivity index (χ1n) is 4.63. The Morgan fingerprint density at radius 2 is 2.38 bits per heavy atom. The Balaban J connectivity index is 2.69. The van der Waals surface area contributed by atoms with Gasteiger partial charge in [-0.15, -0.1) is 22.9 Å². The van der Waals surface area contributed by atoms with Gasteiger partial charge in [-0.05, 0) is 11.4 Å². The van der Waals surface area contributed by atoms with Gasteiger partial charge in [-0.2, -0.15) is 0 Å². The monoisotopic (exact) mass is 261 g/mol. The number of thiophene rings is 1. The van der Waals surface area contributed by atoms with Crippen molar-refractivity contribution in [1.82, 2.24) is 5.32 Å². The highest BCUT2D eigenvalue weighted by Crippen LogP contribution is 2.22. The maximum Gasteiger partial charge on any atom is 0.307 e. The van der Waals surface area contributed by atoms with Gasteiger partial charge in [0.2, 0.25) is 5.91 Å². The van der Waals surface area contributed by atoms with Crippen LogP contribution in [0.5, 0.6) is 0 Å². The molecule has 0 aliphatic heterocycles. The molecule has 1 atom stereocenters. The molecule has 0 saturated heterocycles. The van der Waals surface area contributed by atoms with E-state index in [1.807, 2.05) is 17.5 Å². The van der Waals surface area contributed by atoms with E-state index in [0.717, 1.165) is 4.88 Å². The summed E-state index contributed by atoms with van der Waals surface area (Å²) in [6, 6.07) is 3.35. The van der Waals surface area contributed by atoms with Gasteiger partial charge in [0.1, 0.15) is 5.88 Å². The van der Waals surface area contributed by atoms with Gasteiger partial charge < -0.3 is 10.1 Å². The van der Waals surface area contributed by atoms with Crippen LogP contribution in [-0.2, 0) is 14.3 Å². The summed E-state index contributed by atoms with van der Waals surface area (Å²) in [7, 11) is 1.32. The minimum Gasteiger partial charge on any atom is -0.469 e. The molecular weight excluding hydrogens is 250 g/mol. The van der Waals surface area contributed by atoms with Crippen molar-refractivity contribution in [2.24, 2.45) is 0 Å². The van der Waals surface area contributed by atoms with Gasteiger partial charge in [0.05, 0.1) is 19.6 Å². The molecule has 4 nitrogen and oxygen atoms in total. The van der Waals surface area contributed by atoms with Crippen LogP contribution in [0.1, 0.15) is 17.3 Å². The number of rotatable bonds is 5. The largest absolute Gasteiger partial charge is 0.469 e. The summed E-state index contributed by atoms with van der Waals surface area (Å²) >= 11 is 6.87. The first-order valence-corrected chi connectivity index (χ1v) is 6.04. The third-order valence-corrected chi connectivity index (χ3v) is 3.17. The molecule has 0 aliphatic carbocycles. The maximum absolute atomic E-state index is 11.2. The summed E-state index contributed by atoms with van der Waals surface area (Å²) in [5, 5.41) is 4.55. The highest BCUT2D eigenvalue weighted by atomic mass is 35.5. The standard InChI is InChI=1S/C10H12ClNO3S/c1-15-10(14)5-7(12-9(13)6-11)8-3-2-4-16-8/h2-4,7H,5-6H2,1H3,(H,12,13). The van der Waals surface area contributed by atoms with Crippen LogP contribution in [0.4, 0.5) is 0 Å². The molecule has 1 amide bonds. The number of hydrogen-bond acceptors (Lipinski definition) is 4. The van der Waals surface area contributed by atoms with E-state index in [2.05, 4.69) is 10.1 Å². The van der Waals surface area contributed by atoms with Crippen molar-refractivity contribution in [3.8, 4) is 0 Å². The molecule has 0 aromatic carbocycles. The summed E-state index contributed by atoms with van der Waals surface area (Å²) in [6.07, 6.45) is 0.111. The number of hydrogen-bond donors (Lipinski definition) is 1. The Morgan fingerprint density at radius 1 is 1.62 bits per heavy atom. The van der Waals surface area contributed by atoms with Crippen molar-refractivity contribution in [2.45, 2.75) is 12.5 Å². The van der Waals surface area contributed by atoms with Crippen LogP contribution in [0.2, 0.25) is 0 Å². The fourth-order valence-corrected chi connectivity index (χ4v) is 2.05. The second-order valence-electron chi connectivity index (χ2n) is 3.05. The molecule has 1 aromatic heterocycles. The van der Waals surface area contributed by atoms with Crippen molar-refractivity contribution in [3.63, 3.8) is 0 Å². The first-order chi connectivity index (χ1) is 7.67. The second-order valence-corrected chi connectivity index (χ2v) is 4.30. The molecule has 88 valence electrons. The van der Waals surface area contributed by atoms with E-state index < -0.39 is 0 Å². The SMILES string of the molecule is COC(=O)CC(NC(=O)CCl)c1cccs1. The molecule has 1 N–H and O–H groups in total. The van der Waals surface area contributed by atoms with E-state index >= 15 is 0 Å². The molecule has 0 saturated carbocycles. The Hall–Kier alpha value is -1.07. The predicted molar refractivity (Wildman–Crippen MR) is 62.6 cm³/mol.